The third-order valence-corrected chi connectivity index (χ3v) is 2.43. The molecular formula is C9H13ClN2O2. The average Bonchev–Trinajstić information content (AvgIpc) is 2.68. The molecule has 2 heterocycles. The fraction of sp³-hybridized carbons (Fsp3) is 0.778. The lowest BCUT2D eigenvalue weighted by Gasteiger charge is -2.18. The van der Waals surface area contributed by atoms with E-state index >= 15 is 0 Å². The first-order valence-electron chi connectivity index (χ1n) is 4.90. The largest absolute Gasteiger partial charge is 0.422 e. The maximum Gasteiger partial charge on any atom is 0.245 e. The van der Waals surface area contributed by atoms with E-state index in [-0.39, 0.29) is 6.10 Å². The van der Waals surface area contributed by atoms with Crippen LogP contribution in [-0.4, -0.2) is 22.7 Å². The number of hydrogen-bond donors (Lipinski definition) is 0. The van der Waals surface area contributed by atoms with Gasteiger partial charge in [0, 0.05) is 18.9 Å². The maximum absolute atomic E-state index is 5.57. The van der Waals surface area contributed by atoms with Crippen LogP contribution >= 0.6 is 11.6 Å². The number of nitrogens with zero attached hydrogens (tertiary/aromatic N) is 2. The Morgan fingerprint density at radius 2 is 2.29 bits per heavy atom. The number of alkyl halides is 1. The Morgan fingerprint density at radius 1 is 1.36 bits per heavy atom. The highest BCUT2D eigenvalue weighted by molar-refractivity contribution is 6.17. The minimum atomic E-state index is 0.000301. The van der Waals surface area contributed by atoms with Crippen molar-refractivity contribution in [1.29, 1.82) is 0 Å². The molecule has 1 fully saturated rings. The van der Waals surface area contributed by atoms with E-state index in [2.05, 4.69) is 10.2 Å². The Bertz CT molecular complexity index is 284. The average molecular weight is 217 g/mol. The van der Waals surface area contributed by atoms with Crippen LogP contribution in [0.15, 0.2) is 4.42 Å². The predicted molar refractivity (Wildman–Crippen MR) is 51.3 cm³/mol. The lowest BCUT2D eigenvalue weighted by Crippen LogP contribution is -2.11. The van der Waals surface area contributed by atoms with Crippen LogP contribution in [0.25, 0.3) is 0 Å². The number of hydrogen-bond acceptors (Lipinski definition) is 4. The van der Waals surface area contributed by atoms with Gasteiger partial charge in [-0.3, -0.25) is 0 Å². The molecule has 0 aromatic carbocycles. The molecule has 2 rings (SSSR count). The molecule has 14 heavy (non-hydrogen) atoms. The van der Waals surface area contributed by atoms with Crippen molar-refractivity contribution >= 4 is 11.6 Å². The molecule has 1 aliphatic rings. The van der Waals surface area contributed by atoms with Crippen molar-refractivity contribution in [2.75, 3.05) is 12.5 Å². The Kier molecular flexibility index (Phi) is 3.37. The fourth-order valence-electron chi connectivity index (χ4n) is 1.51. The van der Waals surface area contributed by atoms with Gasteiger partial charge < -0.3 is 9.15 Å². The molecule has 1 aromatic rings. The summed E-state index contributed by atoms with van der Waals surface area (Å²) in [6.45, 7) is 0.790. The molecule has 5 heteroatoms. The molecule has 4 nitrogen and oxygen atoms in total. The van der Waals surface area contributed by atoms with Crippen LogP contribution < -0.4 is 0 Å². The van der Waals surface area contributed by atoms with Crippen LogP contribution in [-0.2, 0) is 11.2 Å². The van der Waals surface area contributed by atoms with Crippen molar-refractivity contribution in [1.82, 2.24) is 10.2 Å². The Balaban J connectivity index is 2.00. The van der Waals surface area contributed by atoms with Gasteiger partial charge in [-0.1, -0.05) is 0 Å². The summed E-state index contributed by atoms with van der Waals surface area (Å²) in [7, 11) is 0. The van der Waals surface area contributed by atoms with Gasteiger partial charge in [0.15, 0.2) is 0 Å². The first-order valence-corrected chi connectivity index (χ1v) is 5.43. The van der Waals surface area contributed by atoms with Gasteiger partial charge in [-0.25, -0.2) is 0 Å². The van der Waals surface area contributed by atoms with Gasteiger partial charge in [-0.15, -0.1) is 21.8 Å². The summed E-state index contributed by atoms with van der Waals surface area (Å²) >= 11 is 5.57. The standard InChI is InChI=1S/C9H13ClN2O2/c10-5-4-8-11-12-9(14-8)7-3-1-2-6-13-7/h7H,1-6H2. The summed E-state index contributed by atoms with van der Waals surface area (Å²) in [6.07, 6.45) is 3.89. The van der Waals surface area contributed by atoms with E-state index in [0.29, 0.717) is 24.1 Å². The van der Waals surface area contributed by atoms with Gasteiger partial charge in [-0.05, 0) is 19.3 Å². The molecule has 1 aliphatic heterocycles. The highest BCUT2D eigenvalue weighted by Gasteiger charge is 2.21. The summed E-state index contributed by atoms with van der Waals surface area (Å²) < 4.78 is 11.0. The highest BCUT2D eigenvalue weighted by Crippen LogP contribution is 2.26. The molecule has 0 N–H and O–H groups in total. The zero-order valence-corrected chi connectivity index (χ0v) is 8.66. The molecule has 1 saturated heterocycles. The molecule has 0 spiro atoms. The van der Waals surface area contributed by atoms with E-state index in [1.54, 1.807) is 0 Å². The zero-order chi connectivity index (χ0) is 9.80. The van der Waals surface area contributed by atoms with Crippen molar-refractivity contribution in [2.45, 2.75) is 31.8 Å². The lowest BCUT2D eigenvalue weighted by atomic mass is 10.1. The monoisotopic (exact) mass is 216 g/mol. The molecule has 78 valence electrons. The van der Waals surface area contributed by atoms with Crippen LogP contribution in [0.5, 0.6) is 0 Å². The molecule has 0 radical (unpaired) electrons. The second kappa shape index (κ2) is 4.75. The van der Waals surface area contributed by atoms with Crippen LogP contribution in [0, 0.1) is 0 Å². The van der Waals surface area contributed by atoms with Gasteiger partial charge in [0.2, 0.25) is 11.8 Å². The maximum atomic E-state index is 5.57. The molecule has 1 atom stereocenters. The van der Waals surface area contributed by atoms with E-state index in [9.17, 15) is 0 Å². The van der Waals surface area contributed by atoms with E-state index in [1.807, 2.05) is 0 Å². The Hall–Kier alpha value is -0.610. The Labute approximate surface area is 87.6 Å². The van der Waals surface area contributed by atoms with Gasteiger partial charge in [0.05, 0.1) is 0 Å². The smallest absolute Gasteiger partial charge is 0.245 e. The van der Waals surface area contributed by atoms with Gasteiger partial charge in [0.1, 0.15) is 6.10 Å². The molecule has 0 saturated carbocycles. The fourth-order valence-corrected chi connectivity index (χ4v) is 1.68. The quantitative estimate of drug-likeness (QED) is 0.726. The van der Waals surface area contributed by atoms with Gasteiger partial charge in [0.25, 0.3) is 0 Å². The van der Waals surface area contributed by atoms with Crippen molar-refractivity contribution < 1.29 is 9.15 Å². The van der Waals surface area contributed by atoms with Crippen LogP contribution in [0.3, 0.4) is 0 Å². The van der Waals surface area contributed by atoms with Crippen molar-refractivity contribution in [3.05, 3.63) is 11.8 Å². The number of rotatable bonds is 3. The summed E-state index contributed by atoms with van der Waals surface area (Å²) in [6, 6.07) is 0. The first kappa shape index (κ1) is 9.93. The van der Waals surface area contributed by atoms with Gasteiger partial charge >= 0.3 is 0 Å². The second-order valence-electron chi connectivity index (χ2n) is 3.33. The number of halogens is 1. The third kappa shape index (κ3) is 2.25. The van der Waals surface area contributed by atoms with Crippen LogP contribution in [0.1, 0.15) is 37.1 Å². The summed E-state index contributed by atoms with van der Waals surface area (Å²) in [4.78, 5) is 0. The first-order chi connectivity index (χ1) is 6.90. The molecular weight excluding hydrogens is 204 g/mol. The van der Waals surface area contributed by atoms with E-state index in [4.69, 9.17) is 20.8 Å². The third-order valence-electron chi connectivity index (χ3n) is 2.25. The van der Waals surface area contributed by atoms with Crippen LogP contribution in [0.4, 0.5) is 0 Å². The van der Waals surface area contributed by atoms with E-state index in [1.165, 1.54) is 0 Å². The summed E-state index contributed by atoms with van der Waals surface area (Å²) in [5.41, 5.74) is 0. The number of ether oxygens (including phenoxy) is 1. The molecule has 1 unspecified atom stereocenters. The summed E-state index contributed by atoms with van der Waals surface area (Å²) in [5.74, 6) is 1.71. The van der Waals surface area contributed by atoms with Crippen molar-refractivity contribution in [2.24, 2.45) is 0 Å². The summed E-state index contributed by atoms with van der Waals surface area (Å²) in [5, 5.41) is 7.86. The van der Waals surface area contributed by atoms with Crippen LogP contribution in [0.2, 0.25) is 0 Å². The second-order valence-corrected chi connectivity index (χ2v) is 3.71. The van der Waals surface area contributed by atoms with E-state index < -0.39 is 0 Å². The minimum Gasteiger partial charge on any atom is -0.422 e. The normalized spacial score (nSPS) is 22.5. The molecule has 0 aliphatic carbocycles. The highest BCUT2D eigenvalue weighted by atomic mass is 35.5. The van der Waals surface area contributed by atoms with E-state index in [0.717, 1.165) is 25.9 Å². The lowest BCUT2D eigenvalue weighted by molar-refractivity contribution is -0.00207. The zero-order valence-electron chi connectivity index (χ0n) is 7.91. The topological polar surface area (TPSA) is 48.2 Å². The van der Waals surface area contributed by atoms with Gasteiger partial charge in [-0.2, -0.15) is 0 Å². The predicted octanol–water partition coefficient (Wildman–Crippen LogP) is 2.09. The number of aryl methyl sites for hydroxylation is 1. The molecule has 1 aromatic heterocycles. The molecule has 0 amide bonds. The van der Waals surface area contributed by atoms with Crippen molar-refractivity contribution in [3.8, 4) is 0 Å². The number of aromatic nitrogens is 2. The molecule has 0 bridgehead atoms. The Morgan fingerprint density at radius 3 is 3.00 bits per heavy atom. The SMILES string of the molecule is ClCCc1nnc(C2CCCCO2)o1. The minimum absolute atomic E-state index is 0.000301. The van der Waals surface area contributed by atoms with Crippen molar-refractivity contribution in [3.63, 3.8) is 0 Å².